The van der Waals surface area contributed by atoms with Gasteiger partial charge in [0.2, 0.25) is 0 Å². The summed E-state index contributed by atoms with van der Waals surface area (Å²) in [7, 11) is -1.57. The first-order valence-corrected chi connectivity index (χ1v) is 11.7. The molecule has 0 fully saturated rings. The number of rotatable bonds is 7. The summed E-state index contributed by atoms with van der Waals surface area (Å²) in [6.07, 6.45) is 0. The van der Waals surface area contributed by atoms with Gasteiger partial charge in [-0.25, -0.2) is 0 Å². The summed E-state index contributed by atoms with van der Waals surface area (Å²) in [6.45, 7) is 7.84. The number of phenols is 1. The van der Waals surface area contributed by atoms with Crippen LogP contribution in [0.3, 0.4) is 0 Å². The van der Waals surface area contributed by atoms with E-state index in [1.807, 2.05) is 12.1 Å². The normalized spacial score (nSPS) is 11.5. The fourth-order valence-corrected chi connectivity index (χ4v) is 7.44. The third-order valence-electron chi connectivity index (χ3n) is 4.94. The quantitative estimate of drug-likeness (QED) is 0.570. The van der Waals surface area contributed by atoms with E-state index in [-0.39, 0.29) is 0 Å². The van der Waals surface area contributed by atoms with E-state index in [0.29, 0.717) is 5.75 Å². The summed E-state index contributed by atoms with van der Waals surface area (Å²) >= 11 is 3.53. The van der Waals surface area contributed by atoms with Crippen molar-refractivity contribution in [2.45, 2.75) is 45.4 Å². The van der Waals surface area contributed by atoms with Crippen molar-refractivity contribution in [3.63, 3.8) is 0 Å². The van der Waals surface area contributed by atoms with Gasteiger partial charge in [-0.15, -0.1) is 0 Å². The molecule has 0 heterocycles. The molecule has 0 spiro atoms. The minimum absolute atomic E-state index is 0.343. The Kier molecular flexibility index (Phi) is 6.30. The molecule has 2 rings (SSSR count). The molecular formula is C19H26BrNOSi. The van der Waals surface area contributed by atoms with Crippen molar-refractivity contribution in [1.29, 1.82) is 0 Å². The van der Waals surface area contributed by atoms with Crippen LogP contribution in [0.25, 0.3) is 0 Å². The largest absolute Gasteiger partial charge is 0.508 e. The van der Waals surface area contributed by atoms with Gasteiger partial charge in [0.25, 0.3) is 0 Å². The molecule has 0 aliphatic heterocycles. The highest BCUT2D eigenvalue weighted by molar-refractivity contribution is 9.10. The zero-order valence-electron chi connectivity index (χ0n) is 14.2. The van der Waals surface area contributed by atoms with Gasteiger partial charge >= 0.3 is 0 Å². The lowest BCUT2D eigenvalue weighted by molar-refractivity contribution is 0.474. The van der Waals surface area contributed by atoms with Crippen LogP contribution in [-0.2, 0) is 6.54 Å². The van der Waals surface area contributed by atoms with E-state index in [1.165, 1.54) is 29.4 Å². The van der Waals surface area contributed by atoms with Gasteiger partial charge in [-0.2, -0.15) is 0 Å². The van der Waals surface area contributed by atoms with Gasteiger partial charge in [-0.1, -0.05) is 48.8 Å². The summed E-state index contributed by atoms with van der Waals surface area (Å²) in [6, 6.07) is 20.0. The van der Waals surface area contributed by atoms with Gasteiger partial charge in [0.05, 0.1) is 0 Å². The van der Waals surface area contributed by atoms with E-state index in [1.54, 1.807) is 6.07 Å². The molecular weight excluding hydrogens is 366 g/mol. The molecule has 0 atom stereocenters. The average Bonchev–Trinajstić information content (AvgIpc) is 2.57. The van der Waals surface area contributed by atoms with E-state index in [4.69, 9.17) is 0 Å². The predicted molar refractivity (Wildman–Crippen MR) is 106 cm³/mol. The Morgan fingerprint density at radius 2 is 1.57 bits per heavy atom. The van der Waals surface area contributed by atoms with Crippen molar-refractivity contribution in [3.05, 3.63) is 58.6 Å². The second kappa shape index (κ2) is 8.02. The molecule has 0 unspecified atom stereocenters. The van der Waals surface area contributed by atoms with E-state index >= 15 is 0 Å². The highest BCUT2D eigenvalue weighted by Gasteiger charge is 2.35. The monoisotopic (exact) mass is 391 g/mol. The predicted octanol–water partition coefficient (Wildman–Crippen LogP) is 6.17. The molecule has 2 nitrogen and oxygen atoms in total. The lowest BCUT2D eigenvalue weighted by Crippen LogP contribution is -2.52. The van der Waals surface area contributed by atoms with Crippen molar-refractivity contribution in [2.75, 3.05) is 4.57 Å². The fraction of sp³-hybridized carbons (Fsp3) is 0.368. The van der Waals surface area contributed by atoms with E-state index in [2.05, 4.69) is 71.6 Å². The zero-order chi connectivity index (χ0) is 16.9. The topological polar surface area (TPSA) is 23.5 Å². The lowest BCUT2D eigenvalue weighted by atomic mass is 10.2. The molecule has 0 saturated carbocycles. The minimum atomic E-state index is -1.57. The van der Waals surface area contributed by atoms with Crippen LogP contribution < -0.4 is 4.57 Å². The number of nitrogens with zero attached hydrogens (tertiary/aromatic N) is 1. The highest BCUT2D eigenvalue weighted by Crippen LogP contribution is 2.33. The maximum absolute atomic E-state index is 9.79. The van der Waals surface area contributed by atoms with Crippen LogP contribution in [0.1, 0.15) is 26.3 Å². The molecule has 0 radical (unpaired) electrons. The second-order valence-corrected chi connectivity index (χ2v) is 12.0. The van der Waals surface area contributed by atoms with Crippen LogP contribution in [0.4, 0.5) is 5.69 Å². The van der Waals surface area contributed by atoms with Crippen molar-refractivity contribution < 1.29 is 5.11 Å². The Balaban J connectivity index is 2.44. The van der Waals surface area contributed by atoms with Gasteiger partial charge in [0.15, 0.2) is 8.24 Å². The van der Waals surface area contributed by atoms with E-state index in [9.17, 15) is 5.11 Å². The molecule has 0 amide bonds. The Morgan fingerprint density at radius 3 is 2.09 bits per heavy atom. The van der Waals surface area contributed by atoms with Crippen molar-refractivity contribution in [1.82, 2.24) is 0 Å². The van der Waals surface area contributed by atoms with Crippen LogP contribution >= 0.6 is 15.9 Å². The molecule has 124 valence electrons. The molecule has 0 saturated heterocycles. The lowest BCUT2D eigenvalue weighted by Gasteiger charge is -2.43. The van der Waals surface area contributed by atoms with Gasteiger partial charge in [-0.05, 0) is 60.1 Å². The molecule has 0 aliphatic rings. The van der Waals surface area contributed by atoms with Crippen LogP contribution in [0, 0.1) is 0 Å². The molecule has 23 heavy (non-hydrogen) atoms. The minimum Gasteiger partial charge on any atom is -0.508 e. The van der Waals surface area contributed by atoms with Crippen molar-refractivity contribution >= 4 is 29.9 Å². The highest BCUT2D eigenvalue weighted by atomic mass is 79.9. The van der Waals surface area contributed by atoms with Crippen LogP contribution in [-0.4, -0.2) is 13.3 Å². The molecule has 0 aromatic heterocycles. The summed E-state index contributed by atoms with van der Waals surface area (Å²) in [5.74, 6) is 0.343. The molecule has 1 N–H and O–H groups in total. The van der Waals surface area contributed by atoms with Crippen molar-refractivity contribution in [3.8, 4) is 5.75 Å². The first-order valence-electron chi connectivity index (χ1n) is 8.35. The van der Waals surface area contributed by atoms with Gasteiger partial charge in [0, 0.05) is 16.7 Å². The summed E-state index contributed by atoms with van der Waals surface area (Å²) in [5, 5.41) is 9.79. The SMILES string of the molecule is CC[Si](CC)(CC)N(Cc1cccc(O)c1)c1ccc(Br)cc1. The van der Waals surface area contributed by atoms with E-state index in [0.717, 1.165) is 11.0 Å². The van der Waals surface area contributed by atoms with Gasteiger partial charge < -0.3 is 9.67 Å². The Bertz CT molecular complexity index is 617. The first kappa shape index (κ1) is 18.1. The fourth-order valence-electron chi connectivity index (χ4n) is 3.31. The van der Waals surface area contributed by atoms with Crippen LogP contribution in [0.2, 0.25) is 18.1 Å². The van der Waals surface area contributed by atoms with Crippen LogP contribution in [0.5, 0.6) is 5.75 Å². The number of phenolic OH excluding ortho intramolecular Hbond substituents is 1. The van der Waals surface area contributed by atoms with Crippen molar-refractivity contribution in [2.24, 2.45) is 0 Å². The number of anilines is 1. The van der Waals surface area contributed by atoms with Gasteiger partial charge in [0.1, 0.15) is 5.75 Å². The van der Waals surface area contributed by atoms with Gasteiger partial charge in [-0.3, -0.25) is 0 Å². The smallest absolute Gasteiger partial charge is 0.156 e. The molecule has 0 aliphatic carbocycles. The Hall–Kier alpha value is -1.26. The summed E-state index contributed by atoms with van der Waals surface area (Å²) in [4.78, 5) is 0. The summed E-state index contributed by atoms with van der Waals surface area (Å²) in [5.41, 5.74) is 2.45. The number of hydrogen-bond acceptors (Lipinski definition) is 2. The van der Waals surface area contributed by atoms with E-state index < -0.39 is 8.24 Å². The number of halogens is 1. The maximum atomic E-state index is 9.79. The molecule has 4 heteroatoms. The Morgan fingerprint density at radius 1 is 0.957 bits per heavy atom. The standard InChI is InChI=1S/C19H26BrNOSi/c1-4-23(5-2,6-3)21(18-12-10-17(20)11-13-18)15-16-8-7-9-19(22)14-16/h7-14,22H,4-6,15H2,1-3H3. The number of aromatic hydroxyl groups is 1. The Labute approximate surface area is 149 Å². The van der Waals surface area contributed by atoms with Crippen LogP contribution in [0.15, 0.2) is 53.0 Å². The number of benzene rings is 2. The summed E-state index contributed by atoms with van der Waals surface area (Å²) < 4.78 is 3.74. The zero-order valence-corrected chi connectivity index (χ0v) is 16.8. The third-order valence-corrected chi connectivity index (χ3v) is 11.0. The molecule has 2 aromatic rings. The number of hydrogen-bond donors (Lipinski definition) is 1. The molecule has 2 aromatic carbocycles. The average molecular weight is 392 g/mol. The first-order chi connectivity index (χ1) is 11.0. The second-order valence-electron chi connectivity index (χ2n) is 6.02. The maximum Gasteiger partial charge on any atom is 0.156 e. The third kappa shape index (κ3) is 4.18. The molecule has 0 bridgehead atoms.